The number of carbonyl (C=O) groups is 3. The molecule has 4 N–H and O–H groups in total. The molecular weight excluding hydrogens is 527 g/mol. The number of carbonyl (C=O) groups excluding carboxylic acids is 2. The van der Waals surface area contributed by atoms with Gasteiger partial charge in [0.05, 0.1) is 5.56 Å². The lowest BCUT2D eigenvalue weighted by atomic mass is 9.78. The monoisotopic (exact) mass is 557 g/mol. The predicted molar refractivity (Wildman–Crippen MR) is 137 cm³/mol. The Morgan fingerprint density at radius 1 is 1.18 bits per heavy atom. The highest BCUT2D eigenvalue weighted by Crippen LogP contribution is 2.51. The van der Waals surface area contributed by atoms with Crippen LogP contribution >= 0.6 is 0 Å². The van der Waals surface area contributed by atoms with Crippen molar-refractivity contribution in [1.82, 2.24) is 15.3 Å². The molecule has 2 aromatic rings. The number of aromatic nitrogens is 2. The molecular formula is C28H30F3N5O4. The molecule has 3 saturated carbocycles. The number of hydrogen-bond donors (Lipinski definition) is 3. The van der Waals surface area contributed by atoms with E-state index in [0.29, 0.717) is 37.9 Å². The summed E-state index contributed by atoms with van der Waals surface area (Å²) in [7, 11) is 0. The SMILES string of the molecule is CC1CC2CC(C1)C(NC(=O)c1cnc(N3CCc4cc(C5CC5C(N)=O)ccc43)nc1C(F)(F)F)(C(=O)O)C2. The van der Waals surface area contributed by atoms with Gasteiger partial charge in [0.2, 0.25) is 11.9 Å². The van der Waals surface area contributed by atoms with Crippen LogP contribution in [0.25, 0.3) is 0 Å². The third-order valence-corrected chi connectivity index (χ3v) is 9.18. The molecule has 0 radical (unpaired) electrons. The summed E-state index contributed by atoms with van der Waals surface area (Å²) in [4.78, 5) is 46.6. The Bertz CT molecular complexity index is 1410. The van der Waals surface area contributed by atoms with Gasteiger partial charge in [-0.1, -0.05) is 19.1 Å². The van der Waals surface area contributed by atoms with Crippen molar-refractivity contribution in [2.45, 2.75) is 63.1 Å². The van der Waals surface area contributed by atoms with Crippen LogP contribution in [0.3, 0.4) is 0 Å². The molecule has 4 aliphatic rings. The maximum absolute atomic E-state index is 14.2. The molecule has 2 heterocycles. The average Bonchev–Trinajstić information content (AvgIpc) is 3.52. The Kier molecular flexibility index (Phi) is 6.08. The summed E-state index contributed by atoms with van der Waals surface area (Å²) in [6.45, 7) is 2.36. The standard InChI is InChI=1S/C28H30F3N5O4/c1-13-6-14-8-17(7-13)27(11-14,25(39)40)35-24(38)20-12-33-26(34-22(20)28(29,30)31)36-5-4-16-9-15(2-3-21(16)36)18-10-19(18)23(32)37/h2-3,9,12-14,17-19H,4-8,10-11H2,1H3,(H2,32,37)(H,35,38)(H,39,40). The summed E-state index contributed by atoms with van der Waals surface area (Å²) in [5.74, 6) is -3.02. The summed E-state index contributed by atoms with van der Waals surface area (Å²) < 4.78 is 42.6. The lowest BCUT2D eigenvalue weighted by molar-refractivity contribution is -0.146. The Balaban J connectivity index is 1.28. The fraction of sp³-hybridized carbons (Fsp3) is 0.536. The average molecular weight is 558 g/mol. The van der Waals surface area contributed by atoms with E-state index in [1.54, 1.807) is 11.0 Å². The second-order valence-electron chi connectivity index (χ2n) is 11.9. The van der Waals surface area contributed by atoms with Crippen LogP contribution in [0.4, 0.5) is 24.8 Å². The van der Waals surface area contributed by atoms with Gasteiger partial charge in [0.1, 0.15) is 5.54 Å². The summed E-state index contributed by atoms with van der Waals surface area (Å²) in [6.07, 6.45) is -0.662. The molecule has 1 aromatic heterocycles. The van der Waals surface area contributed by atoms with Crippen LogP contribution in [-0.2, 0) is 22.2 Å². The van der Waals surface area contributed by atoms with Crippen LogP contribution in [0.2, 0.25) is 0 Å². The number of amides is 2. The fourth-order valence-corrected chi connectivity index (χ4v) is 7.30. The molecule has 3 aliphatic carbocycles. The first-order valence-electron chi connectivity index (χ1n) is 13.6. The van der Waals surface area contributed by atoms with Crippen molar-refractivity contribution in [2.75, 3.05) is 11.4 Å². The molecule has 6 unspecified atom stereocenters. The van der Waals surface area contributed by atoms with Gasteiger partial charge in [-0.15, -0.1) is 0 Å². The van der Waals surface area contributed by atoms with Crippen molar-refractivity contribution < 1.29 is 32.7 Å². The summed E-state index contributed by atoms with van der Waals surface area (Å²) in [6, 6.07) is 5.56. The molecule has 9 nitrogen and oxygen atoms in total. The first-order chi connectivity index (χ1) is 18.9. The molecule has 6 rings (SSSR count). The number of aliphatic carboxylic acids is 1. The van der Waals surface area contributed by atoms with Gasteiger partial charge in [0.25, 0.3) is 5.91 Å². The number of hydrogen-bond acceptors (Lipinski definition) is 6. The third kappa shape index (κ3) is 4.37. The van der Waals surface area contributed by atoms with E-state index in [2.05, 4.69) is 15.3 Å². The number of nitrogens with two attached hydrogens (primary N) is 1. The van der Waals surface area contributed by atoms with Gasteiger partial charge in [-0.25, -0.2) is 14.8 Å². The van der Waals surface area contributed by atoms with E-state index in [-0.39, 0.29) is 47.9 Å². The van der Waals surface area contributed by atoms with Gasteiger partial charge in [0, 0.05) is 24.3 Å². The molecule has 2 bridgehead atoms. The van der Waals surface area contributed by atoms with E-state index < -0.39 is 34.8 Å². The van der Waals surface area contributed by atoms with Gasteiger partial charge in [-0.3, -0.25) is 9.59 Å². The molecule has 2 amide bonds. The quantitative estimate of drug-likeness (QED) is 0.491. The van der Waals surface area contributed by atoms with Crippen molar-refractivity contribution in [3.05, 3.63) is 46.8 Å². The van der Waals surface area contributed by atoms with Crippen LogP contribution in [0.5, 0.6) is 0 Å². The number of benzene rings is 1. The summed E-state index contributed by atoms with van der Waals surface area (Å²) in [5, 5.41) is 12.6. The largest absolute Gasteiger partial charge is 0.479 e. The van der Waals surface area contributed by atoms with Gasteiger partial charge in [0.15, 0.2) is 5.69 Å². The summed E-state index contributed by atoms with van der Waals surface area (Å²) >= 11 is 0. The van der Waals surface area contributed by atoms with Crippen molar-refractivity contribution in [1.29, 1.82) is 0 Å². The molecule has 1 aromatic carbocycles. The topological polar surface area (TPSA) is 139 Å². The number of nitrogens with zero attached hydrogens (tertiary/aromatic N) is 3. The van der Waals surface area contributed by atoms with Crippen molar-refractivity contribution in [3.8, 4) is 0 Å². The minimum Gasteiger partial charge on any atom is -0.479 e. The lowest BCUT2D eigenvalue weighted by Gasteiger charge is -2.33. The third-order valence-electron chi connectivity index (χ3n) is 9.18. The Labute approximate surface area is 228 Å². The van der Waals surface area contributed by atoms with E-state index in [1.807, 2.05) is 19.1 Å². The van der Waals surface area contributed by atoms with Gasteiger partial charge >= 0.3 is 12.1 Å². The van der Waals surface area contributed by atoms with E-state index in [0.717, 1.165) is 23.7 Å². The summed E-state index contributed by atoms with van der Waals surface area (Å²) in [5.41, 5.74) is 4.10. The number of carboxylic acids is 1. The second kappa shape index (κ2) is 9.17. The zero-order valence-electron chi connectivity index (χ0n) is 21.9. The lowest BCUT2D eigenvalue weighted by Crippen LogP contribution is -2.57. The highest BCUT2D eigenvalue weighted by molar-refractivity contribution is 5.99. The van der Waals surface area contributed by atoms with Gasteiger partial charge in [-0.05, 0) is 79.4 Å². The smallest absolute Gasteiger partial charge is 0.434 e. The van der Waals surface area contributed by atoms with Crippen LogP contribution in [0.15, 0.2) is 24.4 Å². The molecule has 212 valence electrons. The van der Waals surface area contributed by atoms with Crippen LogP contribution in [0, 0.1) is 23.7 Å². The van der Waals surface area contributed by atoms with Crippen LogP contribution in [0.1, 0.15) is 72.1 Å². The van der Waals surface area contributed by atoms with Gasteiger partial charge in [-0.2, -0.15) is 13.2 Å². The van der Waals surface area contributed by atoms with Gasteiger partial charge < -0.3 is 21.1 Å². The minimum absolute atomic E-state index is 0.0550. The van der Waals surface area contributed by atoms with E-state index >= 15 is 0 Å². The number of alkyl halides is 3. The number of nitrogens with one attached hydrogen (secondary N) is 1. The first-order valence-corrected chi connectivity index (χ1v) is 13.6. The van der Waals surface area contributed by atoms with E-state index in [1.165, 1.54) is 0 Å². The number of primary amides is 1. The highest BCUT2D eigenvalue weighted by atomic mass is 19.4. The predicted octanol–water partition coefficient (Wildman–Crippen LogP) is 3.79. The molecule has 6 atom stereocenters. The molecule has 12 heteroatoms. The zero-order chi connectivity index (χ0) is 28.6. The maximum atomic E-state index is 14.2. The number of rotatable bonds is 6. The Morgan fingerprint density at radius 2 is 1.95 bits per heavy atom. The van der Waals surface area contributed by atoms with Crippen LogP contribution in [-0.4, -0.2) is 44.9 Å². The number of carboxylic acid groups (broad SMARTS) is 1. The zero-order valence-corrected chi connectivity index (χ0v) is 21.9. The van der Waals surface area contributed by atoms with Crippen LogP contribution < -0.4 is 16.0 Å². The molecule has 0 spiro atoms. The van der Waals surface area contributed by atoms with E-state index in [4.69, 9.17) is 5.73 Å². The second-order valence-corrected chi connectivity index (χ2v) is 11.9. The minimum atomic E-state index is -4.97. The van der Waals surface area contributed by atoms with Crippen molar-refractivity contribution >= 4 is 29.4 Å². The van der Waals surface area contributed by atoms with Crippen molar-refractivity contribution in [3.63, 3.8) is 0 Å². The molecule has 3 fully saturated rings. The van der Waals surface area contributed by atoms with E-state index in [9.17, 15) is 32.7 Å². The number of anilines is 2. The highest BCUT2D eigenvalue weighted by Gasteiger charge is 2.56. The first kappa shape index (κ1) is 26.5. The van der Waals surface area contributed by atoms with Crippen molar-refractivity contribution in [2.24, 2.45) is 29.4 Å². The maximum Gasteiger partial charge on any atom is 0.434 e. The Hall–Kier alpha value is -3.70. The molecule has 40 heavy (non-hydrogen) atoms. The molecule has 1 aliphatic heterocycles. The number of fused-ring (bicyclic) bond motifs is 3. The fourth-order valence-electron chi connectivity index (χ4n) is 7.30. The number of halogens is 3. The molecule has 0 saturated heterocycles. The normalized spacial score (nSPS) is 30.6. The Morgan fingerprint density at radius 3 is 2.62 bits per heavy atom.